The largest absolute Gasteiger partial charge is 0.497 e. The number of methoxy groups -OCH3 is 1. The van der Waals surface area contributed by atoms with Gasteiger partial charge in [0, 0.05) is 0 Å². The Morgan fingerprint density at radius 3 is 2.67 bits per heavy atom. The van der Waals surface area contributed by atoms with Crippen LogP contribution in [0, 0.1) is 5.92 Å². The zero-order valence-corrected chi connectivity index (χ0v) is 9.86. The summed E-state index contributed by atoms with van der Waals surface area (Å²) in [4.78, 5) is 0. The van der Waals surface area contributed by atoms with Gasteiger partial charge in [0.15, 0.2) is 0 Å². The fourth-order valence-corrected chi connectivity index (χ4v) is 1.77. The van der Waals surface area contributed by atoms with Gasteiger partial charge in [-0.05, 0) is 42.5 Å². The van der Waals surface area contributed by atoms with Crippen LogP contribution >= 0.6 is 0 Å². The third-order valence-corrected chi connectivity index (χ3v) is 3.10. The minimum Gasteiger partial charge on any atom is -0.497 e. The zero-order chi connectivity index (χ0) is 11.3. The van der Waals surface area contributed by atoms with Crippen LogP contribution in [0.25, 0.3) is 0 Å². The van der Waals surface area contributed by atoms with E-state index in [0.29, 0.717) is 11.8 Å². The van der Waals surface area contributed by atoms with Crippen LogP contribution in [0.5, 0.6) is 5.75 Å². The summed E-state index contributed by atoms with van der Waals surface area (Å²) in [6, 6.07) is 8.28. The van der Waals surface area contributed by atoms with Crippen molar-refractivity contribution in [2.45, 2.75) is 26.2 Å². The Kier molecular flexibility index (Phi) is 4.63. The van der Waals surface area contributed by atoms with Gasteiger partial charge in [0.2, 0.25) is 0 Å². The number of benzene rings is 1. The highest BCUT2D eigenvalue weighted by molar-refractivity contribution is 5.30. The average Bonchev–Trinajstić information content (AvgIpc) is 2.28. The van der Waals surface area contributed by atoms with Crippen molar-refractivity contribution in [2.24, 2.45) is 11.7 Å². The summed E-state index contributed by atoms with van der Waals surface area (Å²) < 4.78 is 5.22. The third kappa shape index (κ3) is 3.24. The van der Waals surface area contributed by atoms with Gasteiger partial charge >= 0.3 is 0 Å². The second-order valence-corrected chi connectivity index (χ2v) is 4.12. The molecule has 1 aromatic rings. The molecule has 2 atom stereocenters. The molecule has 0 heterocycles. The quantitative estimate of drug-likeness (QED) is 0.805. The zero-order valence-electron chi connectivity index (χ0n) is 9.86. The van der Waals surface area contributed by atoms with Gasteiger partial charge in [-0.15, -0.1) is 0 Å². The number of nitrogens with two attached hydrogens (primary N) is 1. The maximum atomic E-state index is 5.58. The van der Waals surface area contributed by atoms with Crippen molar-refractivity contribution < 1.29 is 4.74 Å². The Morgan fingerprint density at radius 2 is 2.07 bits per heavy atom. The lowest BCUT2D eigenvalue weighted by Crippen LogP contribution is -2.12. The van der Waals surface area contributed by atoms with Gasteiger partial charge in [-0.1, -0.05) is 26.0 Å². The first-order valence-electron chi connectivity index (χ1n) is 5.53. The number of rotatable bonds is 5. The van der Waals surface area contributed by atoms with E-state index >= 15 is 0 Å². The molecule has 0 amide bonds. The lowest BCUT2D eigenvalue weighted by Gasteiger charge is -2.20. The molecule has 0 fully saturated rings. The van der Waals surface area contributed by atoms with Gasteiger partial charge in [-0.3, -0.25) is 0 Å². The van der Waals surface area contributed by atoms with Crippen molar-refractivity contribution in [1.29, 1.82) is 0 Å². The van der Waals surface area contributed by atoms with Crippen molar-refractivity contribution in [3.63, 3.8) is 0 Å². The molecular weight excluding hydrogens is 186 g/mol. The van der Waals surface area contributed by atoms with Crippen LogP contribution in [-0.4, -0.2) is 13.7 Å². The molecular formula is C13H21NO. The Morgan fingerprint density at radius 1 is 1.33 bits per heavy atom. The number of hydrogen-bond acceptors (Lipinski definition) is 2. The summed E-state index contributed by atoms with van der Waals surface area (Å²) in [5, 5.41) is 0. The van der Waals surface area contributed by atoms with Gasteiger partial charge in [0.05, 0.1) is 7.11 Å². The molecule has 84 valence electrons. The highest BCUT2D eigenvalue weighted by Gasteiger charge is 2.13. The molecule has 0 radical (unpaired) electrons. The van der Waals surface area contributed by atoms with E-state index in [1.165, 1.54) is 5.56 Å². The Balaban J connectivity index is 2.76. The molecule has 1 rings (SSSR count). The van der Waals surface area contributed by atoms with Gasteiger partial charge in [0.1, 0.15) is 5.75 Å². The maximum absolute atomic E-state index is 5.58. The van der Waals surface area contributed by atoms with Crippen molar-refractivity contribution >= 4 is 0 Å². The van der Waals surface area contributed by atoms with Crippen molar-refractivity contribution in [2.75, 3.05) is 13.7 Å². The smallest absolute Gasteiger partial charge is 0.119 e. The van der Waals surface area contributed by atoms with Crippen LogP contribution in [0.15, 0.2) is 24.3 Å². The van der Waals surface area contributed by atoms with Crippen LogP contribution in [0.2, 0.25) is 0 Å². The lowest BCUT2D eigenvalue weighted by molar-refractivity contribution is 0.411. The molecule has 0 bridgehead atoms. The van der Waals surface area contributed by atoms with Gasteiger partial charge < -0.3 is 10.5 Å². The van der Waals surface area contributed by atoms with E-state index in [1.54, 1.807) is 7.11 Å². The summed E-state index contributed by atoms with van der Waals surface area (Å²) in [5.41, 5.74) is 6.91. The van der Waals surface area contributed by atoms with Gasteiger partial charge in [0.25, 0.3) is 0 Å². The van der Waals surface area contributed by atoms with E-state index in [9.17, 15) is 0 Å². The first-order chi connectivity index (χ1) is 7.19. The Hall–Kier alpha value is -1.02. The third-order valence-electron chi connectivity index (χ3n) is 3.10. The van der Waals surface area contributed by atoms with Gasteiger partial charge in [-0.25, -0.2) is 0 Å². The molecule has 2 N–H and O–H groups in total. The SMILES string of the molecule is COc1cccc(C(C)C(C)CCN)c1. The normalized spacial score (nSPS) is 14.7. The van der Waals surface area contributed by atoms with Crippen LogP contribution in [0.1, 0.15) is 31.7 Å². The van der Waals surface area contributed by atoms with Gasteiger partial charge in [-0.2, -0.15) is 0 Å². The van der Waals surface area contributed by atoms with E-state index in [-0.39, 0.29) is 0 Å². The molecule has 15 heavy (non-hydrogen) atoms. The van der Waals surface area contributed by atoms with Crippen LogP contribution in [-0.2, 0) is 0 Å². The minimum atomic E-state index is 0.531. The predicted octanol–water partition coefficient (Wildman–Crippen LogP) is 2.78. The van der Waals surface area contributed by atoms with Crippen molar-refractivity contribution in [3.05, 3.63) is 29.8 Å². The highest BCUT2D eigenvalue weighted by atomic mass is 16.5. The van der Waals surface area contributed by atoms with E-state index < -0.39 is 0 Å². The molecule has 0 aliphatic heterocycles. The summed E-state index contributed by atoms with van der Waals surface area (Å²) >= 11 is 0. The maximum Gasteiger partial charge on any atom is 0.119 e. The molecule has 2 unspecified atom stereocenters. The molecule has 0 aliphatic carbocycles. The van der Waals surface area contributed by atoms with Crippen LogP contribution < -0.4 is 10.5 Å². The number of ether oxygens (including phenoxy) is 1. The Bertz CT molecular complexity index is 298. The molecule has 0 aliphatic rings. The van der Waals surface area contributed by atoms with E-state index in [1.807, 2.05) is 12.1 Å². The average molecular weight is 207 g/mol. The van der Waals surface area contributed by atoms with Crippen molar-refractivity contribution in [3.8, 4) is 5.75 Å². The summed E-state index contributed by atoms with van der Waals surface area (Å²) in [6.45, 7) is 5.25. The summed E-state index contributed by atoms with van der Waals surface area (Å²) in [6.07, 6.45) is 1.07. The summed E-state index contributed by atoms with van der Waals surface area (Å²) in [5.74, 6) is 2.07. The fraction of sp³-hybridized carbons (Fsp3) is 0.538. The molecule has 0 saturated carbocycles. The molecule has 2 heteroatoms. The minimum absolute atomic E-state index is 0.531. The lowest BCUT2D eigenvalue weighted by atomic mass is 9.87. The first-order valence-corrected chi connectivity index (χ1v) is 5.53. The molecule has 0 spiro atoms. The summed E-state index contributed by atoms with van der Waals surface area (Å²) in [7, 11) is 1.70. The van der Waals surface area contributed by atoms with E-state index in [4.69, 9.17) is 10.5 Å². The second-order valence-electron chi connectivity index (χ2n) is 4.12. The Labute approximate surface area is 92.4 Å². The first kappa shape index (κ1) is 12.1. The van der Waals surface area contributed by atoms with Crippen LogP contribution in [0.4, 0.5) is 0 Å². The number of hydrogen-bond donors (Lipinski definition) is 1. The standard InChI is InChI=1S/C13H21NO/c1-10(7-8-14)11(2)12-5-4-6-13(9-12)15-3/h4-6,9-11H,7-8,14H2,1-3H3. The predicted molar refractivity (Wildman–Crippen MR) is 64.2 cm³/mol. The van der Waals surface area contributed by atoms with Crippen molar-refractivity contribution in [1.82, 2.24) is 0 Å². The van der Waals surface area contributed by atoms with Crippen LogP contribution in [0.3, 0.4) is 0 Å². The molecule has 0 saturated heterocycles. The molecule has 2 nitrogen and oxygen atoms in total. The molecule has 0 aromatic heterocycles. The monoisotopic (exact) mass is 207 g/mol. The van der Waals surface area contributed by atoms with E-state index in [2.05, 4.69) is 26.0 Å². The van der Waals surface area contributed by atoms with E-state index in [0.717, 1.165) is 18.7 Å². The topological polar surface area (TPSA) is 35.2 Å². The second kappa shape index (κ2) is 5.76. The molecule has 1 aromatic carbocycles. The fourth-order valence-electron chi connectivity index (χ4n) is 1.77. The highest BCUT2D eigenvalue weighted by Crippen LogP contribution is 2.28.